The molecule has 0 spiro atoms. The molecule has 1 atom stereocenters. The van der Waals surface area contributed by atoms with E-state index in [-0.39, 0.29) is 6.04 Å². The Kier molecular flexibility index (Phi) is 5.04. The second kappa shape index (κ2) is 7.60. The van der Waals surface area contributed by atoms with Gasteiger partial charge >= 0.3 is 0 Å². The first-order chi connectivity index (χ1) is 12.8. The SMILES string of the molecule is CCn1ccnc1[C@@H](NCc1cnc2c(C)cccn12)C1CCOCC1. The average Bonchev–Trinajstić information content (AvgIpc) is 3.31. The van der Waals surface area contributed by atoms with Crippen LogP contribution in [0.4, 0.5) is 0 Å². The van der Waals surface area contributed by atoms with Crippen LogP contribution >= 0.6 is 0 Å². The summed E-state index contributed by atoms with van der Waals surface area (Å²) in [6.07, 6.45) is 10.2. The van der Waals surface area contributed by atoms with E-state index in [1.165, 1.54) is 11.3 Å². The summed E-state index contributed by atoms with van der Waals surface area (Å²) < 4.78 is 9.99. The second-order valence-corrected chi connectivity index (χ2v) is 7.01. The Morgan fingerprint density at radius 1 is 1.27 bits per heavy atom. The summed E-state index contributed by atoms with van der Waals surface area (Å²) in [6.45, 7) is 7.64. The number of pyridine rings is 1. The van der Waals surface area contributed by atoms with Crippen LogP contribution in [0.25, 0.3) is 5.65 Å². The molecule has 138 valence electrons. The Morgan fingerprint density at radius 3 is 2.92 bits per heavy atom. The molecule has 1 N–H and O–H groups in total. The molecule has 6 nitrogen and oxygen atoms in total. The van der Waals surface area contributed by atoms with E-state index in [0.717, 1.165) is 50.6 Å². The van der Waals surface area contributed by atoms with Crippen molar-refractivity contribution in [3.8, 4) is 0 Å². The van der Waals surface area contributed by atoms with Gasteiger partial charge in [0.05, 0.1) is 17.9 Å². The number of imidazole rings is 2. The molecular weight excluding hydrogens is 326 g/mol. The van der Waals surface area contributed by atoms with E-state index < -0.39 is 0 Å². The molecule has 0 amide bonds. The third kappa shape index (κ3) is 3.27. The fourth-order valence-corrected chi connectivity index (χ4v) is 3.93. The zero-order valence-electron chi connectivity index (χ0n) is 15.6. The summed E-state index contributed by atoms with van der Waals surface area (Å²) in [5, 5.41) is 3.78. The number of hydrogen-bond acceptors (Lipinski definition) is 4. The molecule has 4 heterocycles. The summed E-state index contributed by atoms with van der Waals surface area (Å²) in [7, 11) is 0. The van der Waals surface area contributed by atoms with Crippen LogP contribution in [0.3, 0.4) is 0 Å². The first kappa shape index (κ1) is 17.2. The molecular formula is C20H27N5O. The Balaban J connectivity index is 1.59. The fourth-order valence-electron chi connectivity index (χ4n) is 3.93. The number of ether oxygens (including phenoxy) is 1. The maximum atomic E-state index is 5.58. The molecule has 4 rings (SSSR count). The van der Waals surface area contributed by atoms with Crippen LogP contribution in [0.1, 0.15) is 42.9 Å². The highest BCUT2D eigenvalue weighted by molar-refractivity contribution is 5.48. The summed E-state index contributed by atoms with van der Waals surface area (Å²) in [5.74, 6) is 1.67. The zero-order chi connectivity index (χ0) is 17.9. The van der Waals surface area contributed by atoms with E-state index in [1.807, 2.05) is 12.4 Å². The smallest absolute Gasteiger partial charge is 0.139 e. The fraction of sp³-hybridized carbons (Fsp3) is 0.500. The Labute approximate surface area is 154 Å². The van der Waals surface area contributed by atoms with Crippen LogP contribution in [0.15, 0.2) is 36.9 Å². The lowest BCUT2D eigenvalue weighted by Crippen LogP contribution is -2.34. The van der Waals surface area contributed by atoms with Crippen molar-refractivity contribution in [2.45, 2.75) is 45.8 Å². The lowest BCUT2D eigenvalue weighted by atomic mass is 9.91. The van der Waals surface area contributed by atoms with E-state index in [4.69, 9.17) is 4.74 Å². The minimum absolute atomic E-state index is 0.226. The van der Waals surface area contributed by atoms with E-state index in [2.05, 4.69) is 62.6 Å². The van der Waals surface area contributed by atoms with Crippen molar-refractivity contribution in [1.82, 2.24) is 24.3 Å². The minimum Gasteiger partial charge on any atom is -0.381 e. The first-order valence-electron chi connectivity index (χ1n) is 9.51. The number of fused-ring (bicyclic) bond motifs is 1. The maximum absolute atomic E-state index is 5.58. The number of hydrogen-bond donors (Lipinski definition) is 1. The van der Waals surface area contributed by atoms with Crippen molar-refractivity contribution < 1.29 is 4.74 Å². The van der Waals surface area contributed by atoms with Gasteiger partial charge in [0.1, 0.15) is 11.5 Å². The van der Waals surface area contributed by atoms with Gasteiger partial charge in [-0.15, -0.1) is 0 Å². The Hall–Kier alpha value is -2.18. The third-order valence-electron chi connectivity index (χ3n) is 5.41. The molecule has 0 bridgehead atoms. The maximum Gasteiger partial charge on any atom is 0.139 e. The summed E-state index contributed by atoms with van der Waals surface area (Å²) in [5.41, 5.74) is 3.40. The molecule has 0 aliphatic carbocycles. The Bertz CT molecular complexity index is 862. The van der Waals surface area contributed by atoms with Crippen molar-refractivity contribution in [1.29, 1.82) is 0 Å². The van der Waals surface area contributed by atoms with Crippen LogP contribution in [-0.2, 0) is 17.8 Å². The van der Waals surface area contributed by atoms with Gasteiger partial charge in [0.25, 0.3) is 0 Å². The van der Waals surface area contributed by atoms with Gasteiger partial charge in [-0.05, 0) is 44.2 Å². The lowest BCUT2D eigenvalue weighted by Gasteiger charge is -2.31. The van der Waals surface area contributed by atoms with Crippen molar-refractivity contribution in [2.75, 3.05) is 13.2 Å². The van der Waals surface area contributed by atoms with Crippen molar-refractivity contribution in [2.24, 2.45) is 5.92 Å². The molecule has 3 aromatic rings. The standard InChI is InChI=1S/C20H27N5O/c1-3-24-10-8-21-20(24)18(16-6-11-26-12-7-16)22-13-17-14-23-19-15(2)5-4-9-25(17)19/h4-5,8-10,14,16,18,22H,3,6-7,11-13H2,1-2H3/t18-/m0/s1. The van der Waals surface area contributed by atoms with Gasteiger partial charge in [-0.2, -0.15) is 0 Å². The quantitative estimate of drug-likeness (QED) is 0.740. The van der Waals surface area contributed by atoms with Gasteiger partial charge in [-0.25, -0.2) is 9.97 Å². The van der Waals surface area contributed by atoms with E-state index in [9.17, 15) is 0 Å². The van der Waals surface area contributed by atoms with Crippen LogP contribution in [0.5, 0.6) is 0 Å². The van der Waals surface area contributed by atoms with Crippen molar-refractivity contribution >= 4 is 5.65 Å². The highest BCUT2D eigenvalue weighted by atomic mass is 16.5. The number of aromatic nitrogens is 4. The van der Waals surface area contributed by atoms with Gasteiger partial charge in [0.15, 0.2) is 0 Å². The molecule has 0 aromatic carbocycles. The van der Waals surface area contributed by atoms with Gasteiger partial charge in [0, 0.05) is 44.9 Å². The minimum atomic E-state index is 0.226. The van der Waals surface area contributed by atoms with Crippen LogP contribution in [-0.4, -0.2) is 32.1 Å². The molecule has 26 heavy (non-hydrogen) atoms. The number of nitrogens with zero attached hydrogens (tertiary/aromatic N) is 4. The first-order valence-corrected chi connectivity index (χ1v) is 9.51. The van der Waals surface area contributed by atoms with Gasteiger partial charge in [-0.1, -0.05) is 6.07 Å². The van der Waals surface area contributed by atoms with E-state index in [0.29, 0.717) is 5.92 Å². The highest BCUT2D eigenvalue weighted by Gasteiger charge is 2.28. The molecule has 6 heteroatoms. The predicted octanol–water partition coefficient (Wildman–Crippen LogP) is 3.12. The van der Waals surface area contributed by atoms with Crippen LogP contribution < -0.4 is 5.32 Å². The predicted molar refractivity (Wildman–Crippen MR) is 101 cm³/mol. The van der Waals surface area contributed by atoms with E-state index >= 15 is 0 Å². The van der Waals surface area contributed by atoms with Gasteiger partial charge < -0.3 is 19.0 Å². The normalized spacial score (nSPS) is 17.0. The highest BCUT2D eigenvalue weighted by Crippen LogP contribution is 2.29. The monoisotopic (exact) mass is 353 g/mol. The van der Waals surface area contributed by atoms with Gasteiger partial charge in [0.2, 0.25) is 0 Å². The molecule has 1 aliphatic heterocycles. The number of rotatable bonds is 6. The van der Waals surface area contributed by atoms with E-state index in [1.54, 1.807) is 0 Å². The molecule has 0 unspecified atom stereocenters. The molecule has 3 aromatic heterocycles. The van der Waals surface area contributed by atoms with Crippen LogP contribution in [0.2, 0.25) is 0 Å². The van der Waals surface area contributed by atoms with Gasteiger partial charge in [-0.3, -0.25) is 0 Å². The average molecular weight is 353 g/mol. The summed E-state index contributed by atoms with van der Waals surface area (Å²) in [6, 6.07) is 4.40. The number of nitrogens with one attached hydrogen (secondary N) is 1. The Morgan fingerprint density at radius 2 is 2.12 bits per heavy atom. The van der Waals surface area contributed by atoms with Crippen LogP contribution in [0, 0.1) is 12.8 Å². The van der Waals surface area contributed by atoms with Crippen molar-refractivity contribution in [3.63, 3.8) is 0 Å². The molecule has 1 fully saturated rings. The second-order valence-electron chi connectivity index (χ2n) is 7.01. The molecule has 1 aliphatic rings. The lowest BCUT2D eigenvalue weighted by molar-refractivity contribution is 0.0516. The molecule has 0 saturated carbocycles. The molecule has 1 saturated heterocycles. The largest absolute Gasteiger partial charge is 0.381 e. The van der Waals surface area contributed by atoms with Crippen molar-refractivity contribution in [3.05, 3.63) is 54.0 Å². The summed E-state index contributed by atoms with van der Waals surface area (Å²) in [4.78, 5) is 9.26. The number of aryl methyl sites for hydroxylation is 2. The summed E-state index contributed by atoms with van der Waals surface area (Å²) >= 11 is 0. The third-order valence-corrected chi connectivity index (χ3v) is 5.41. The molecule has 0 radical (unpaired) electrons. The topological polar surface area (TPSA) is 56.4 Å². The zero-order valence-corrected chi connectivity index (χ0v) is 15.6.